The third-order valence-corrected chi connectivity index (χ3v) is 16.3. The van der Waals surface area contributed by atoms with Crippen molar-refractivity contribution in [1.29, 1.82) is 0 Å². The van der Waals surface area contributed by atoms with Crippen LogP contribution in [0, 0.1) is 27.2 Å². The summed E-state index contributed by atoms with van der Waals surface area (Å²) in [4.78, 5) is 88.1. The molecule has 0 bridgehead atoms. The van der Waals surface area contributed by atoms with Gasteiger partial charge in [-0.15, -0.1) is 5.11 Å². The number of nitro groups is 2. The molecule has 0 aliphatic rings. The number of halogens is 3. The Morgan fingerprint density at radius 2 is 1.14 bits per heavy atom. The topological polar surface area (TPSA) is 452 Å². The molecule has 33 nitrogen and oxygen atoms in total. The second-order valence-electron chi connectivity index (χ2n) is 23.4. The molecule has 0 spiro atoms. The van der Waals surface area contributed by atoms with Gasteiger partial charge in [-0.2, -0.15) is 25.5 Å². The van der Waals surface area contributed by atoms with E-state index in [9.17, 15) is 54.4 Å². The highest BCUT2D eigenvalue weighted by Gasteiger charge is 2.18. The second kappa shape index (κ2) is 42.9. The molecule has 13 rings (SSSR count). The summed E-state index contributed by atoms with van der Waals surface area (Å²) in [6.45, 7) is 4.76. The van der Waals surface area contributed by atoms with E-state index in [4.69, 9.17) is 38.4 Å². The van der Waals surface area contributed by atoms with Crippen molar-refractivity contribution in [1.82, 2.24) is 26.1 Å². The molecule has 0 radical (unpaired) electrons. The first-order chi connectivity index (χ1) is 55.9. The number of aliphatic imine (C=N–C) groups is 2. The number of aromatic nitrogens is 2. The van der Waals surface area contributed by atoms with Gasteiger partial charge in [0.1, 0.15) is 45.9 Å². The van der Waals surface area contributed by atoms with Gasteiger partial charge in [0.2, 0.25) is 0 Å². The number of aryl methyl sites for hydroxylation is 2. The Labute approximate surface area is 680 Å². The van der Waals surface area contributed by atoms with Crippen LogP contribution in [0.3, 0.4) is 0 Å². The molecular weight excluding hydrogens is 1650 g/mol. The molecule has 0 saturated heterocycles. The molecule has 0 aliphatic heterocycles. The van der Waals surface area contributed by atoms with Crippen LogP contribution in [0.2, 0.25) is 5.02 Å². The summed E-state index contributed by atoms with van der Waals surface area (Å²) >= 11 is 12.7. The first-order valence-corrected chi connectivity index (χ1v) is 35.8. The zero-order valence-electron chi connectivity index (χ0n) is 61.2. The fourth-order valence-electron chi connectivity index (χ4n) is 9.19. The zero-order chi connectivity index (χ0) is 82.9. The van der Waals surface area contributed by atoms with Gasteiger partial charge in [-0.25, -0.2) is 16.3 Å². The zero-order valence-corrected chi connectivity index (χ0v) is 65.1. The smallest absolute Gasteiger partial charge is 0.311 e. The number of azo groups is 1. The fourth-order valence-corrected chi connectivity index (χ4v) is 10.6. The van der Waals surface area contributed by atoms with E-state index < -0.39 is 28.3 Å². The number of carbonyl (C=O) groups is 5. The Morgan fingerprint density at radius 3 is 1.69 bits per heavy atom. The van der Waals surface area contributed by atoms with Gasteiger partial charge in [0, 0.05) is 76.4 Å². The number of hydrogen-bond acceptors (Lipinski definition) is 25. The number of phenolic OH excluding ortho intramolecular Hbond substituents is 2. The van der Waals surface area contributed by atoms with Crippen LogP contribution in [0.1, 0.15) is 89.8 Å². The number of benzene rings is 7. The molecule has 7 N–H and O–H groups in total. The summed E-state index contributed by atoms with van der Waals surface area (Å²) in [5.74, 6) is 0.245. The number of aromatic hydroxyl groups is 2. The molecular formula is C80H65Br2ClN16O17. The van der Waals surface area contributed by atoms with Crippen molar-refractivity contribution in [2.75, 3.05) is 17.2 Å². The van der Waals surface area contributed by atoms with Crippen molar-refractivity contribution in [3.8, 4) is 17.2 Å². The predicted octanol–water partition coefficient (Wildman–Crippen LogP) is 18.1. The van der Waals surface area contributed by atoms with E-state index >= 15 is 0 Å². The average Bonchev–Trinajstić information content (AvgIpc) is 1.45. The SMILES string of the molecule is C/C(=N\NC(=O)COc1ccc(C)cc1[N+](=O)[O-])c1ccco1.C/C(=N\NC(=O)c1ccn(C)n1)c1ccco1.O=C(N/N=C/c1ccco1)c1ccc([N+](=O)[O-])cc1.O=C(Nc1cccc(N=Cc2cc(Br)cc(Br)c2O)c1)c1ccco1.O=C(Nc1cccc(N=Cc2cc(N=Nc3ccccc3Cl)ccc2O)c1)c1ccco1. The molecule has 0 unspecified atom stereocenters. The van der Waals surface area contributed by atoms with E-state index in [1.807, 2.05) is 12.1 Å². The highest BCUT2D eigenvalue weighted by molar-refractivity contribution is 9.11. The maximum absolute atomic E-state index is 12.1. The largest absolute Gasteiger partial charge is 0.507 e. The van der Waals surface area contributed by atoms with Crippen LogP contribution in [-0.2, 0) is 11.8 Å². The number of carbonyl (C=O) groups excluding carboxylic acids is 5. The standard InChI is InChI=1S/C24H17ClN4O3.C18H12Br2N2O3.C15H15N3O5.C12H9N3O4.C11H12N4O2/c25-20-7-1-2-8-21(20)29-28-19-10-11-22(30)16(13-19)15-26-17-5-3-6-18(14-17)27-24(31)23-9-4-12-32-23;19-12-7-11(17(23)15(20)8-12)10-21-13-3-1-4-14(9-13)22-18(24)16-5-2-6-25-16;1-10-5-6-14(12(8-10)18(20)21)23-9-15(19)17-16-11(2)13-4-3-7-22-13;16-12(14-13-8-11-2-1-7-19-11)9-3-5-10(6-4-9)15(17)18;1-8(10-4-3-7-17-10)12-13-11(16)9-5-6-15(2)14-9/h1-15,30H,(H,27,31);1-10,23H,(H,22,24);3-8H,9H2,1-2H3,(H,17,19);1-8H,(H,14,16);3-7H,1-2H3,(H,13,16)/b;;16-11+;13-8+;12-8+. The number of rotatable bonds is 23. The van der Waals surface area contributed by atoms with Crippen molar-refractivity contribution in [3.05, 3.63) is 341 Å². The summed E-state index contributed by atoms with van der Waals surface area (Å²) in [6.07, 6.45) is 13.5. The van der Waals surface area contributed by atoms with Crippen LogP contribution in [0.5, 0.6) is 17.2 Å². The van der Waals surface area contributed by atoms with E-state index in [2.05, 4.69) is 99.4 Å². The van der Waals surface area contributed by atoms with Gasteiger partial charge in [0.25, 0.3) is 35.2 Å². The lowest BCUT2D eigenvalue weighted by molar-refractivity contribution is -0.385. The minimum absolute atomic E-state index is 0.0301. The number of furan rings is 5. The Morgan fingerprint density at radius 1 is 0.560 bits per heavy atom. The van der Waals surface area contributed by atoms with Gasteiger partial charge < -0.3 is 47.7 Å². The minimum atomic E-state index is -0.556. The van der Waals surface area contributed by atoms with Gasteiger partial charge in [-0.1, -0.05) is 57.9 Å². The van der Waals surface area contributed by atoms with E-state index in [0.29, 0.717) is 89.1 Å². The number of non-ortho nitro benzene ring substituents is 1. The van der Waals surface area contributed by atoms with Crippen LogP contribution in [0.15, 0.2) is 316 Å². The van der Waals surface area contributed by atoms with Gasteiger partial charge >= 0.3 is 5.69 Å². The van der Waals surface area contributed by atoms with E-state index in [1.165, 1.54) is 79.9 Å². The summed E-state index contributed by atoms with van der Waals surface area (Å²) in [7, 11) is 1.74. The monoisotopic (exact) mass is 1710 g/mol. The number of hydrogen-bond donors (Lipinski definition) is 7. The highest BCUT2D eigenvalue weighted by atomic mass is 79.9. The number of nitro benzene ring substituents is 2. The molecule has 0 aliphatic carbocycles. The molecule has 116 heavy (non-hydrogen) atoms. The normalized spacial score (nSPS) is 11.1. The third-order valence-electron chi connectivity index (χ3n) is 14.9. The van der Waals surface area contributed by atoms with E-state index in [-0.39, 0.29) is 63.4 Å². The summed E-state index contributed by atoms with van der Waals surface area (Å²) < 4.78 is 33.5. The van der Waals surface area contributed by atoms with Crippen molar-refractivity contribution in [3.63, 3.8) is 0 Å². The number of nitrogens with zero attached hydrogens (tertiary/aromatic N) is 11. The number of hydrazone groups is 3. The highest BCUT2D eigenvalue weighted by Crippen LogP contribution is 2.33. The van der Waals surface area contributed by atoms with Crippen LogP contribution in [-0.4, -0.2) is 96.1 Å². The number of anilines is 2. The molecule has 6 aromatic heterocycles. The maximum Gasteiger partial charge on any atom is 0.311 e. The van der Waals surface area contributed by atoms with E-state index in [1.54, 1.807) is 209 Å². The van der Waals surface area contributed by atoms with Crippen molar-refractivity contribution in [2.45, 2.75) is 20.8 Å². The van der Waals surface area contributed by atoms with Gasteiger partial charge in [0.15, 0.2) is 29.6 Å². The quantitative estimate of drug-likeness (QED) is 0.0135. The molecule has 13 aromatic rings. The number of amides is 5. The van der Waals surface area contributed by atoms with Crippen LogP contribution >= 0.6 is 43.5 Å². The average molecular weight is 1720 g/mol. The molecule has 0 atom stereocenters. The summed E-state index contributed by atoms with van der Waals surface area (Å²) in [5, 5.41) is 71.4. The van der Waals surface area contributed by atoms with Gasteiger partial charge in [-0.3, -0.25) is 58.9 Å². The van der Waals surface area contributed by atoms with Crippen molar-refractivity contribution in [2.24, 2.45) is 42.6 Å². The summed E-state index contributed by atoms with van der Waals surface area (Å²) in [6, 6.07) is 57.6. The Balaban J connectivity index is 0.000000169. The van der Waals surface area contributed by atoms with Gasteiger partial charge in [0.05, 0.1) is 73.9 Å². The third kappa shape index (κ3) is 26.8. The second-order valence-corrected chi connectivity index (χ2v) is 25.6. The first-order valence-electron chi connectivity index (χ1n) is 33.8. The van der Waals surface area contributed by atoms with Gasteiger partial charge in [-0.05, 0) is 206 Å². The maximum atomic E-state index is 12.1. The van der Waals surface area contributed by atoms with Crippen molar-refractivity contribution >= 4 is 149 Å². The lowest BCUT2D eigenvalue weighted by atomic mass is 10.2. The molecule has 0 saturated carbocycles. The Kier molecular flexibility index (Phi) is 31.4. The molecule has 588 valence electrons. The molecule has 5 amide bonds. The van der Waals surface area contributed by atoms with E-state index in [0.717, 1.165) is 10.0 Å². The lowest BCUT2D eigenvalue weighted by Gasteiger charge is -2.06. The van der Waals surface area contributed by atoms with Crippen LogP contribution in [0.4, 0.5) is 45.5 Å². The fraction of sp³-hybridized carbons (Fsp3) is 0.0625. The molecule has 0 fully saturated rings. The van der Waals surface area contributed by atoms with Crippen LogP contribution in [0.25, 0.3) is 0 Å². The van der Waals surface area contributed by atoms with Crippen molar-refractivity contribution < 1.29 is 70.9 Å². The Hall–Kier alpha value is -15.1. The first kappa shape index (κ1) is 84.9. The number of nitrogens with one attached hydrogen (secondary N) is 5. The molecule has 7 aromatic carbocycles. The predicted molar refractivity (Wildman–Crippen MR) is 439 cm³/mol. The summed E-state index contributed by atoms with van der Waals surface area (Å²) in [5.41, 5.74) is 13.6. The number of ether oxygens (including phenoxy) is 1. The minimum Gasteiger partial charge on any atom is -0.507 e. The molecule has 36 heteroatoms. The molecule has 6 heterocycles. The lowest BCUT2D eigenvalue weighted by Crippen LogP contribution is -2.25. The number of phenols is 2. The van der Waals surface area contributed by atoms with Crippen LogP contribution < -0.4 is 31.6 Å². The Bertz CT molecular complexity index is 5710.